The van der Waals surface area contributed by atoms with Gasteiger partial charge in [0.1, 0.15) is 0 Å². The quantitative estimate of drug-likeness (QED) is 0.814. The molecule has 1 aromatic rings. The number of nitrogens with one attached hydrogen (secondary N) is 2. The summed E-state index contributed by atoms with van der Waals surface area (Å²) in [7, 11) is 1.40. The smallest absolute Gasteiger partial charge is 0.339 e. The number of hydrogen-bond donors (Lipinski definition) is 2. The molecule has 1 atom stereocenters. The van der Waals surface area contributed by atoms with Crippen LogP contribution in [0.15, 0.2) is 17.1 Å². The third-order valence-corrected chi connectivity index (χ3v) is 3.70. The maximum atomic E-state index is 11.8. The number of esters is 1. The van der Waals surface area contributed by atoms with Crippen LogP contribution in [-0.2, 0) is 11.3 Å². The van der Waals surface area contributed by atoms with Crippen molar-refractivity contribution in [2.75, 3.05) is 13.7 Å². The van der Waals surface area contributed by atoms with Gasteiger partial charge in [0.05, 0.1) is 37.2 Å². The molecule has 2 N–H and O–H groups in total. The van der Waals surface area contributed by atoms with E-state index in [2.05, 4.69) is 27.5 Å². The van der Waals surface area contributed by atoms with Gasteiger partial charge in [-0.2, -0.15) is 0 Å². The Morgan fingerprint density at radius 3 is 2.90 bits per heavy atom. The van der Waals surface area contributed by atoms with E-state index in [0.717, 1.165) is 36.7 Å². The minimum atomic E-state index is -0.306. The minimum absolute atomic E-state index is 0.306. The van der Waals surface area contributed by atoms with Crippen LogP contribution in [-0.4, -0.2) is 36.6 Å². The average molecular weight is 288 g/mol. The van der Waals surface area contributed by atoms with Crippen molar-refractivity contribution in [2.45, 2.75) is 38.3 Å². The number of aliphatic imine (C=N–C) groups is 1. The topological polar surface area (TPSA) is 75.6 Å². The summed E-state index contributed by atoms with van der Waals surface area (Å²) in [5.74, 6) is 0.912. The van der Waals surface area contributed by atoms with Gasteiger partial charge in [-0.05, 0) is 31.9 Å². The summed E-state index contributed by atoms with van der Waals surface area (Å²) in [6, 6.07) is 4.06. The van der Waals surface area contributed by atoms with E-state index in [1.807, 2.05) is 12.1 Å². The molecule has 3 rings (SSSR count). The Morgan fingerprint density at radius 2 is 2.29 bits per heavy atom. The molecular weight excluding hydrogens is 268 g/mol. The molecule has 1 saturated carbocycles. The minimum Gasteiger partial charge on any atom is -0.465 e. The number of ether oxygens (including phenoxy) is 1. The fourth-order valence-electron chi connectivity index (χ4n) is 2.40. The van der Waals surface area contributed by atoms with Crippen LogP contribution < -0.4 is 10.6 Å². The largest absolute Gasteiger partial charge is 0.465 e. The number of rotatable bonds is 4. The van der Waals surface area contributed by atoms with Crippen molar-refractivity contribution >= 4 is 11.9 Å². The second-order valence-corrected chi connectivity index (χ2v) is 5.59. The van der Waals surface area contributed by atoms with Crippen LogP contribution in [0.4, 0.5) is 0 Å². The first-order valence-corrected chi connectivity index (χ1v) is 7.30. The monoisotopic (exact) mass is 288 g/mol. The van der Waals surface area contributed by atoms with Crippen LogP contribution in [0.25, 0.3) is 0 Å². The van der Waals surface area contributed by atoms with Crippen molar-refractivity contribution in [3.05, 3.63) is 29.1 Å². The van der Waals surface area contributed by atoms with Crippen LogP contribution in [0.1, 0.15) is 47.4 Å². The maximum Gasteiger partial charge on any atom is 0.339 e. The Hall–Kier alpha value is -2.11. The molecule has 1 unspecified atom stereocenters. The van der Waals surface area contributed by atoms with Crippen molar-refractivity contribution in [3.8, 4) is 0 Å². The molecule has 2 aliphatic rings. The summed E-state index contributed by atoms with van der Waals surface area (Å²) < 4.78 is 4.82. The Morgan fingerprint density at radius 1 is 1.48 bits per heavy atom. The molecule has 0 amide bonds. The van der Waals surface area contributed by atoms with Crippen LogP contribution in [0, 0.1) is 0 Å². The highest BCUT2D eigenvalue weighted by atomic mass is 16.5. The number of methoxy groups -OCH3 is 1. The van der Waals surface area contributed by atoms with Gasteiger partial charge in [-0.3, -0.25) is 9.98 Å². The molecule has 0 saturated heterocycles. The van der Waals surface area contributed by atoms with E-state index in [0.29, 0.717) is 24.1 Å². The van der Waals surface area contributed by atoms with Gasteiger partial charge in [0.2, 0.25) is 0 Å². The van der Waals surface area contributed by atoms with Gasteiger partial charge in [0.25, 0.3) is 0 Å². The van der Waals surface area contributed by atoms with Crippen LogP contribution in [0.2, 0.25) is 0 Å². The van der Waals surface area contributed by atoms with E-state index in [-0.39, 0.29) is 5.97 Å². The number of carbonyl (C=O) groups excluding carboxylic acids is 1. The van der Waals surface area contributed by atoms with Crippen molar-refractivity contribution in [1.29, 1.82) is 0 Å². The molecule has 2 heterocycles. The normalized spacial score (nSPS) is 20.7. The molecule has 1 fully saturated rings. The second-order valence-electron chi connectivity index (χ2n) is 5.59. The highest BCUT2D eigenvalue weighted by molar-refractivity contribution is 5.90. The molecule has 0 spiro atoms. The van der Waals surface area contributed by atoms with Gasteiger partial charge >= 0.3 is 5.97 Å². The molecule has 1 aliphatic heterocycles. The first-order chi connectivity index (χ1) is 10.2. The molecule has 6 nitrogen and oxygen atoms in total. The van der Waals surface area contributed by atoms with Gasteiger partial charge < -0.3 is 15.4 Å². The van der Waals surface area contributed by atoms with Crippen molar-refractivity contribution < 1.29 is 9.53 Å². The van der Waals surface area contributed by atoms with Crippen LogP contribution >= 0.6 is 0 Å². The highest BCUT2D eigenvalue weighted by Gasteiger charge is 2.30. The van der Waals surface area contributed by atoms with E-state index in [1.54, 1.807) is 0 Å². The molecular formula is C15H20N4O2. The van der Waals surface area contributed by atoms with E-state index in [1.165, 1.54) is 7.11 Å². The molecule has 112 valence electrons. The van der Waals surface area contributed by atoms with Gasteiger partial charge in [-0.25, -0.2) is 4.79 Å². The summed E-state index contributed by atoms with van der Waals surface area (Å²) in [5.41, 5.74) is 2.37. The lowest BCUT2D eigenvalue weighted by molar-refractivity contribution is 0.0598. The summed E-state index contributed by atoms with van der Waals surface area (Å²) in [6.07, 6.45) is 2.19. The number of carbonyl (C=O) groups is 1. The standard InChI is InChI=1S/C15H20N4O2/c1-9-7-16-15(18-9)17-8-11-5-6-12(14(20)21-2)13(19-11)10-3-4-10/h5-6,9-10H,3-4,7-8H2,1-2H3,(H2,16,17,18). The van der Waals surface area contributed by atoms with Crippen LogP contribution in [0.3, 0.4) is 0 Å². The predicted molar refractivity (Wildman–Crippen MR) is 79.3 cm³/mol. The number of aromatic nitrogens is 1. The molecule has 1 aromatic heterocycles. The van der Waals surface area contributed by atoms with Crippen LogP contribution in [0.5, 0.6) is 0 Å². The lowest BCUT2D eigenvalue weighted by Gasteiger charge is -2.11. The van der Waals surface area contributed by atoms with E-state index in [9.17, 15) is 4.79 Å². The first-order valence-electron chi connectivity index (χ1n) is 7.30. The third-order valence-electron chi connectivity index (χ3n) is 3.70. The fraction of sp³-hybridized carbons (Fsp3) is 0.533. The second kappa shape index (κ2) is 5.71. The number of guanidine groups is 1. The van der Waals surface area contributed by atoms with Crippen molar-refractivity contribution in [1.82, 2.24) is 15.6 Å². The summed E-state index contributed by atoms with van der Waals surface area (Å²) in [4.78, 5) is 20.8. The highest BCUT2D eigenvalue weighted by Crippen LogP contribution is 2.40. The third kappa shape index (κ3) is 3.15. The van der Waals surface area contributed by atoms with Crippen molar-refractivity contribution in [3.63, 3.8) is 0 Å². The maximum absolute atomic E-state index is 11.8. The summed E-state index contributed by atoms with van der Waals surface area (Å²) in [5, 5.41) is 6.49. The lowest BCUT2D eigenvalue weighted by Crippen LogP contribution is -2.37. The van der Waals surface area contributed by atoms with Crippen molar-refractivity contribution in [2.24, 2.45) is 4.99 Å². The fourth-order valence-corrected chi connectivity index (χ4v) is 2.40. The number of pyridine rings is 1. The Bertz CT molecular complexity index is 581. The lowest BCUT2D eigenvalue weighted by atomic mass is 10.1. The molecule has 1 aliphatic carbocycles. The van der Waals surface area contributed by atoms with Gasteiger partial charge in [-0.1, -0.05) is 0 Å². The zero-order valence-electron chi connectivity index (χ0n) is 12.3. The zero-order valence-corrected chi connectivity index (χ0v) is 12.3. The van der Waals surface area contributed by atoms with E-state index >= 15 is 0 Å². The summed E-state index contributed by atoms with van der Waals surface area (Å²) in [6.45, 7) is 3.48. The molecule has 0 aromatic carbocycles. The van der Waals surface area contributed by atoms with E-state index in [4.69, 9.17) is 4.74 Å². The number of nitrogens with zero attached hydrogens (tertiary/aromatic N) is 2. The van der Waals surface area contributed by atoms with Gasteiger partial charge in [0, 0.05) is 12.0 Å². The molecule has 0 bridgehead atoms. The Labute approximate surface area is 124 Å². The predicted octanol–water partition coefficient (Wildman–Crippen LogP) is 1.18. The van der Waals surface area contributed by atoms with Gasteiger partial charge in [0.15, 0.2) is 5.96 Å². The number of hydrogen-bond acceptors (Lipinski definition) is 6. The molecule has 21 heavy (non-hydrogen) atoms. The SMILES string of the molecule is COC(=O)c1ccc(CNC2=NCC(C)N2)nc1C1CC1. The zero-order chi connectivity index (χ0) is 14.8. The van der Waals surface area contributed by atoms with E-state index < -0.39 is 0 Å². The molecule has 0 radical (unpaired) electrons. The summed E-state index contributed by atoms with van der Waals surface area (Å²) >= 11 is 0. The Balaban J connectivity index is 1.71. The Kier molecular flexibility index (Phi) is 3.77. The van der Waals surface area contributed by atoms with Gasteiger partial charge in [-0.15, -0.1) is 0 Å². The average Bonchev–Trinajstić information content (AvgIpc) is 3.27. The first kappa shape index (κ1) is 13.9. The molecule has 6 heteroatoms.